The molecule has 1 amide bonds. The topological polar surface area (TPSA) is 60.9 Å². The minimum Gasteiger partial charge on any atom is -0.366 e. The number of primary amides is 1. The summed E-state index contributed by atoms with van der Waals surface area (Å²) in [5.74, 6) is -2.02. The van der Waals surface area contributed by atoms with Gasteiger partial charge in [-0.1, -0.05) is 121 Å². The van der Waals surface area contributed by atoms with Gasteiger partial charge in [0.2, 0.25) is 0 Å². The molecule has 2 N–H and O–H groups in total. The van der Waals surface area contributed by atoms with Gasteiger partial charge in [-0.2, -0.15) is 0 Å². The number of rotatable bonds is 8. The molecular formula is C38H32FN3O. The van der Waals surface area contributed by atoms with Gasteiger partial charge in [0.1, 0.15) is 11.4 Å². The first-order chi connectivity index (χ1) is 20.9. The van der Waals surface area contributed by atoms with Crippen molar-refractivity contribution < 1.29 is 9.18 Å². The van der Waals surface area contributed by atoms with Crippen LogP contribution < -0.4 is 5.73 Å². The zero-order chi connectivity index (χ0) is 30.0. The van der Waals surface area contributed by atoms with Crippen molar-refractivity contribution in [3.8, 4) is 0 Å². The molecular weight excluding hydrogens is 533 g/mol. The fraction of sp³-hybridized carbons (Fsp3) is 0.105. The lowest BCUT2D eigenvalue weighted by Crippen LogP contribution is -2.37. The molecule has 1 aromatic heterocycles. The van der Waals surface area contributed by atoms with E-state index in [4.69, 9.17) is 10.7 Å². The first-order valence-electron chi connectivity index (χ1n) is 14.3. The van der Waals surface area contributed by atoms with E-state index in [1.54, 1.807) is 12.1 Å². The SMILES string of the molecule is Cc1cccc(C(c2cn(C(c3ccccc3)(c3ccccc3)c3ccccc3)cn2)c2cccc(C(N)=O)c2F)c1C. The van der Waals surface area contributed by atoms with Crippen molar-refractivity contribution in [2.24, 2.45) is 5.73 Å². The van der Waals surface area contributed by atoms with Crippen LogP contribution in [0.1, 0.15) is 60.9 Å². The van der Waals surface area contributed by atoms with Crippen LogP contribution in [-0.4, -0.2) is 15.5 Å². The number of hydrogen-bond acceptors (Lipinski definition) is 2. The van der Waals surface area contributed by atoms with Gasteiger partial charge in [0.15, 0.2) is 0 Å². The number of carbonyl (C=O) groups is 1. The Morgan fingerprint density at radius 1 is 0.721 bits per heavy atom. The van der Waals surface area contributed by atoms with E-state index in [0.717, 1.165) is 33.4 Å². The fourth-order valence-electron chi connectivity index (χ4n) is 6.19. The normalized spacial score (nSPS) is 12.2. The zero-order valence-electron chi connectivity index (χ0n) is 24.1. The maximum Gasteiger partial charge on any atom is 0.251 e. The smallest absolute Gasteiger partial charge is 0.251 e. The fourth-order valence-corrected chi connectivity index (χ4v) is 6.19. The van der Waals surface area contributed by atoms with Crippen LogP contribution in [0.4, 0.5) is 4.39 Å². The molecule has 6 rings (SSSR count). The third kappa shape index (κ3) is 4.83. The number of imidazole rings is 1. The minimum atomic E-state index is -0.805. The summed E-state index contributed by atoms with van der Waals surface area (Å²) in [5, 5.41) is 0. The summed E-state index contributed by atoms with van der Waals surface area (Å²) in [7, 11) is 0. The van der Waals surface area contributed by atoms with Crippen molar-refractivity contribution >= 4 is 5.91 Å². The molecule has 212 valence electrons. The molecule has 1 heterocycles. The highest BCUT2D eigenvalue weighted by atomic mass is 19.1. The molecule has 0 radical (unpaired) electrons. The van der Waals surface area contributed by atoms with E-state index in [9.17, 15) is 4.79 Å². The van der Waals surface area contributed by atoms with Crippen molar-refractivity contribution in [2.75, 3.05) is 0 Å². The second-order valence-electron chi connectivity index (χ2n) is 10.8. The van der Waals surface area contributed by atoms with E-state index in [1.807, 2.05) is 99.2 Å². The number of aromatic nitrogens is 2. The van der Waals surface area contributed by atoms with Crippen LogP contribution in [0.5, 0.6) is 0 Å². The maximum absolute atomic E-state index is 16.1. The van der Waals surface area contributed by atoms with Crippen molar-refractivity contribution in [2.45, 2.75) is 25.3 Å². The third-order valence-corrected chi connectivity index (χ3v) is 8.42. The van der Waals surface area contributed by atoms with E-state index in [-0.39, 0.29) is 5.56 Å². The number of nitrogens with zero attached hydrogens (tertiary/aromatic N) is 2. The first-order valence-corrected chi connectivity index (χ1v) is 14.3. The van der Waals surface area contributed by atoms with Gasteiger partial charge in [-0.15, -0.1) is 0 Å². The average molecular weight is 566 g/mol. The molecule has 43 heavy (non-hydrogen) atoms. The maximum atomic E-state index is 16.1. The largest absolute Gasteiger partial charge is 0.366 e. The standard InChI is InChI=1S/C38H32FN3O/c1-26-14-12-21-31(27(26)2)35(32-22-13-23-33(36(32)39)37(40)43)34-24-42(25-41-34)38(28-15-6-3-7-16-28,29-17-8-4-9-18-29)30-19-10-5-11-20-30/h3-25,35H,1-2H3,(H2,40,43). The Labute approximate surface area is 251 Å². The summed E-state index contributed by atoms with van der Waals surface area (Å²) < 4.78 is 18.2. The summed E-state index contributed by atoms with van der Waals surface area (Å²) in [6, 6.07) is 41.8. The van der Waals surface area contributed by atoms with Gasteiger partial charge in [0, 0.05) is 11.8 Å². The molecule has 0 bridgehead atoms. The van der Waals surface area contributed by atoms with E-state index in [0.29, 0.717) is 11.3 Å². The molecule has 0 aliphatic rings. The van der Waals surface area contributed by atoms with Crippen molar-refractivity contribution in [1.29, 1.82) is 0 Å². The van der Waals surface area contributed by atoms with Crippen LogP contribution in [0.2, 0.25) is 0 Å². The molecule has 0 aliphatic carbocycles. The predicted molar refractivity (Wildman–Crippen MR) is 169 cm³/mol. The minimum absolute atomic E-state index is 0.139. The molecule has 5 heteroatoms. The van der Waals surface area contributed by atoms with Crippen LogP contribution in [0.3, 0.4) is 0 Å². The number of aryl methyl sites for hydroxylation is 1. The molecule has 0 saturated carbocycles. The quantitative estimate of drug-likeness (QED) is 0.192. The summed E-state index contributed by atoms with van der Waals surface area (Å²) in [6.07, 6.45) is 3.84. The molecule has 0 saturated heterocycles. The first kappa shape index (κ1) is 27.9. The van der Waals surface area contributed by atoms with E-state index in [1.165, 1.54) is 6.07 Å². The number of carbonyl (C=O) groups excluding carboxylic acids is 1. The number of benzene rings is 5. The Bertz CT molecular complexity index is 1780. The highest BCUT2D eigenvalue weighted by Gasteiger charge is 2.39. The van der Waals surface area contributed by atoms with E-state index in [2.05, 4.69) is 41.0 Å². The lowest BCUT2D eigenvalue weighted by atomic mass is 9.76. The molecule has 4 nitrogen and oxygen atoms in total. The Balaban J connectivity index is 1.65. The number of amides is 1. The molecule has 1 atom stereocenters. The molecule has 1 unspecified atom stereocenters. The van der Waals surface area contributed by atoms with Gasteiger partial charge in [-0.25, -0.2) is 9.37 Å². The van der Waals surface area contributed by atoms with Crippen molar-refractivity contribution in [1.82, 2.24) is 9.55 Å². The summed E-state index contributed by atoms with van der Waals surface area (Å²) in [6.45, 7) is 4.07. The van der Waals surface area contributed by atoms with Crippen LogP contribution in [-0.2, 0) is 5.54 Å². The monoisotopic (exact) mass is 565 g/mol. The second kappa shape index (κ2) is 11.5. The van der Waals surface area contributed by atoms with Gasteiger partial charge in [0.05, 0.1) is 23.5 Å². The number of halogens is 1. The highest BCUT2D eigenvalue weighted by Crippen LogP contribution is 2.43. The summed E-state index contributed by atoms with van der Waals surface area (Å²) in [4.78, 5) is 17.1. The average Bonchev–Trinajstić information content (AvgIpc) is 3.52. The van der Waals surface area contributed by atoms with Crippen LogP contribution >= 0.6 is 0 Å². The van der Waals surface area contributed by atoms with Crippen LogP contribution in [0.25, 0.3) is 0 Å². The second-order valence-corrected chi connectivity index (χ2v) is 10.8. The van der Waals surface area contributed by atoms with E-state index < -0.39 is 23.2 Å². The van der Waals surface area contributed by atoms with Gasteiger partial charge in [0.25, 0.3) is 5.91 Å². The Morgan fingerprint density at radius 3 is 1.77 bits per heavy atom. The van der Waals surface area contributed by atoms with Crippen molar-refractivity contribution in [3.05, 3.63) is 196 Å². The Hall–Kier alpha value is -5.29. The zero-order valence-corrected chi connectivity index (χ0v) is 24.1. The van der Waals surface area contributed by atoms with Gasteiger partial charge < -0.3 is 10.3 Å². The number of hydrogen-bond donors (Lipinski definition) is 1. The lowest BCUT2D eigenvalue weighted by molar-refractivity contribution is 0.0996. The van der Waals surface area contributed by atoms with Gasteiger partial charge >= 0.3 is 0 Å². The van der Waals surface area contributed by atoms with Gasteiger partial charge in [-0.05, 0) is 53.3 Å². The Kier molecular flexibility index (Phi) is 7.47. The van der Waals surface area contributed by atoms with Crippen LogP contribution in [0.15, 0.2) is 140 Å². The van der Waals surface area contributed by atoms with E-state index >= 15 is 4.39 Å². The highest BCUT2D eigenvalue weighted by molar-refractivity contribution is 5.93. The molecule has 5 aromatic carbocycles. The molecule has 0 fully saturated rings. The lowest BCUT2D eigenvalue weighted by Gasteiger charge is -2.37. The van der Waals surface area contributed by atoms with Crippen molar-refractivity contribution in [3.63, 3.8) is 0 Å². The number of nitrogens with two attached hydrogens (primary N) is 1. The summed E-state index contributed by atoms with van der Waals surface area (Å²) in [5.41, 5.74) is 11.9. The van der Waals surface area contributed by atoms with Crippen LogP contribution in [0, 0.1) is 19.7 Å². The third-order valence-electron chi connectivity index (χ3n) is 8.42. The molecule has 0 aliphatic heterocycles. The Morgan fingerprint density at radius 2 is 1.23 bits per heavy atom. The van der Waals surface area contributed by atoms with Gasteiger partial charge in [-0.3, -0.25) is 4.79 Å². The molecule has 6 aromatic rings. The predicted octanol–water partition coefficient (Wildman–Crippen LogP) is 7.76. The summed E-state index contributed by atoms with van der Waals surface area (Å²) >= 11 is 0. The molecule has 0 spiro atoms.